The van der Waals surface area contributed by atoms with Crippen molar-refractivity contribution in [2.75, 3.05) is 0 Å². The number of rotatable bonds is 1. The zero-order valence-corrected chi connectivity index (χ0v) is 22.8. The molecule has 2 aliphatic rings. The lowest BCUT2D eigenvalue weighted by Gasteiger charge is -2.34. The largest absolute Gasteiger partial charge is 0.457 e. The van der Waals surface area contributed by atoms with Crippen LogP contribution in [0.2, 0.25) is 0 Å². The van der Waals surface area contributed by atoms with Crippen molar-refractivity contribution >= 4 is 33.3 Å². The minimum absolute atomic E-state index is 0.117. The van der Waals surface area contributed by atoms with Crippen LogP contribution in [0.5, 0.6) is 0 Å². The third-order valence-corrected chi connectivity index (χ3v) is 8.93. The van der Waals surface area contributed by atoms with Crippen molar-refractivity contribution in [3.8, 4) is 0 Å². The number of esters is 1. The van der Waals surface area contributed by atoms with Crippen molar-refractivity contribution in [2.24, 2.45) is 17.3 Å². The van der Waals surface area contributed by atoms with E-state index in [0.717, 1.165) is 27.2 Å². The summed E-state index contributed by atoms with van der Waals surface area (Å²) < 4.78 is 6.98. The van der Waals surface area contributed by atoms with E-state index in [0.29, 0.717) is 6.42 Å². The van der Waals surface area contributed by atoms with Crippen LogP contribution >= 0.6 is 11.3 Å². The summed E-state index contributed by atoms with van der Waals surface area (Å²) in [6.45, 7) is 10.9. The summed E-state index contributed by atoms with van der Waals surface area (Å²) in [6, 6.07) is 6.29. The Bertz CT molecular complexity index is 1170. The van der Waals surface area contributed by atoms with Crippen LogP contribution < -0.4 is 5.32 Å². The number of hydrogen-bond donors (Lipinski definition) is 3. The fraction of sp³-hybridized carbons (Fsp3) is 0.607. The molecular formula is C28H38N2O5S. The number of nitrogens with one attached hydrogen (secondary N) is 1. The van der Waals surface area contributed by atoms with Gasteiger partial charge in [0.15, 0.2) is 0 Å². The molecule has 3 N–H and O–H groups in total. The molecule has 1 fully saturated rings. The summed E-state index contributed by atoms with van der Waals surface area (Å²) in [6.07, 6.45) is 0.510. The molecule has 8 heteroatoms. The second kappa shape index (κ2) is 10.3. The topological polar surface area (TPSA) is 119 Å². The lowest BCUT2D eigenvalue weighted by Crippen LogP contribution is -2.46. The molecule has 1 aromatic carbocycles. The van der Waals surface area contributed by atoms with Crippen LogP contribution in [0.25, 0.3) is 10.2 Å². The first kappa shape index (κ1) is 26.9. The van der Waals surface area contributed by atoms with Gasteiger partial charge in [-0.2, -0.15) is 0 Å². The van der Waals surface area contributed by atoms with E-state index < -0.39 is 35.6 Å². The molecule has 1 saturated heterocycles. The van der Waals surface area contributed by atoms with Gasteiger partial charge in [0.2, 0.25) is 0 Å². The molecule has 0 saturated carbocycles. The molecule has 0 aliphatic carbocycles. The molecule has 0 bridgehead atoms. The molecule has 0 spiro atoms. The zero-order chi connectivity index (χ0) is 26.4. The van der Waals surface area contributed by atoms with E-state index in [1.54, 1.807) is 32.1 Å². The number of aromatic nitrogens is 1. The molecule has 4 rings (SSSR count). The van der Waals surface area contributed by atoms with Gasteiger partial charge < -0.3 is 20.3 Å². The molecule has 1 aromatic heterocycles. The number of nitrogens with zero attached hydrogens (tertiary/aromatic N) is 1. The van der Waals surface area contributed by atoms with Crippen molar-refractivity contribution in [1.82, 2.24) is 10.3 Å². The highest BCUT2D eigenvalue weighted by Crippen LogP contribution is 2.36. The van der Waals surface area contributed by atoms with E-state index in [4.69, 9.17) is 4.74 Å². The number of fused-ring (bicyclic) bond motifs is 2. The fourth-order valence-corrected chi connectivity index (χ4v) is 6.15. The third kappa shape index (κ3) is 5.57. The summed E-state index contributed by atoms with van der Waals surface area (Å²) in [5.41, 5.74) is 1.68. The van der Waals surface area contributed by atoms with Gasteiger partial charge in [-0.1, -0.05) is 45.4 Å². The maximum Gasteiger partial charge on any atom is 0.309 e. The quantitative estimate of drug-likeness (QED) is 0.296. The fourth-order valence-electron chi connectivity index (χ4n) is 5.34. The van der Waals surface area contributed by atoms with E-state index >= 15 is 0 Å². The summed E-state index contributed by atoms with van der Waals surface area (Å²) in [7, 11) is 0. The van der Waals surface area contributed by atoms with E-state index in [9.17, 15) is 19.8 Å². The SMILES string of the molecule is C/C1=C/C[C@H](c2ccc3sc(C)nc3c2)OC(=O)C[C@H](O)C(C)(C)C(=O)[C@H](C)[C@H](O)[C@@H](C)C2NC2C1. The summed E-state index contributed by atoms with van der Waals surface area (Å²) >= 11 is 1.62. The first-order chi connectivity index (χ1) is 16.9. The summed E-state index contributed by atoms with van der Waals surface area (Å²) in [5, 5.41) is 26.3. The van der Waals surface area contributed by atoms with Gasteiger partial charge in [-0.05, 0) is 43.9 Å². The highest BCUT2D eigenvalue weighted by atomic mass is 32.1. The predicted octanol–water partition coefficient (Wildman–Crippen LogP) is 4.25. The average molecular weight is 515 g/mol. The number of aliphatic hydroxyl groups is 2. The number of aryl methyl sites for hydroxylation is 1. The molecule has 0 amide bonds. The van der Waals surface area contributed by atoms with Gasteiger partial charge >= 0.3 is 5.97 Å². The minimum Gasteiger partial charge on any atom is -0.457 e. The monoisotopic (exact) mass is 514 g/mol. The first-order valence-corrected chi connectivity index (χ1v) is 13.6. The Hall–Kier alpha value is -2.13. The Labute approximate surface area is 217 Å². The van der Waals surface area contributed by atoms with Crippen LogP contribution in [0.4, 0.5) is 0 Å². The van der Waals surface area contributed by atoms with Crippen LogP contribution in [-0.2, 0) is 14.3 Å². The van der Waals surface area contributed by atoms with Gasteiger partial charge in [0, 0.05) is 24.4 Å². The van der Waals surface area contributed by atoms with Crippen LogP contribution in [0.1, 0.15) is 70.6 Å². The lowest BCUT2D eigenvalue weighted by molar-refractivity contribution is -0.155. The second-order valence-electron chi connectivity index (χ2n) is 11.2. The Morgan fingerprint density at radius 2 is 1.86 bits per heavy atom. The molecule has 3 heterocycles. The Balaban J connectivity index is 1.64. The minimum atomic E-state index is -1.23. The maximum atomic E-state index is 13.3. The number of ketones is 1. The number of thiazole rings is 1. The van der Waals surface area contributed by atoms with Crippen LogP contribution in [0.3, 0.4) is 0 Å². The Morgan fingerprint density at radius 3 is 2.58 bits per heavy atom. The van der Waals surface area contributed by atoms with Crippen molar-refractivity contribution in [3.63, 3.8) is 0 Å². The van der Waals surface area contributed by atoms with Gasteiger partial charge in [0.25, 0.3) is 0 Å². The lowest BCUT2D eigenvalue weighted by atomic mass is 9.73. The molecular weight excluding hydrogens is 476 g/mol. The van der Waals surface area contributed by atoms with E-state index in [1.807, 2.05) is 32.0 Å². The van der Waals surface area contributed by atoms with Gasteiger partial charge in [-0.15, -0.1) is 11.3 Å². The maximum absolute atomic E-state index is 13.3. The summed E-state index contributed by atoms with van der Waals surface area (Å²) in [5.74, 6) is -1.61. The first-order valence-electron chi connectivity index (χ1n) is 12.8. The van der Waals surface area contributed by atoms with E-state index in [2.05, 4.69) is 23.3 Å². The van der Waals surface area contributed by atoms with Gasteiger partial charge in [-0.25, -0.2) is 4.98 Å². The zero-order valence-electron chi connectivity index (χ0n) is 21.9. The number of benzene rings is 1. The van der Waals surface area contributed by atoms with Crippen molar-refractivity contribution in [1.29, 1.82) is 0 Å². The number of cyclic esters (lactones) is 1. The molecule has 7 nitrogen and oxygen atoms in total. The number of Topliss-reactive ketones (excluding diaryl/α,β-unsaturated/α-hetero) is 1. The molecule has 2 aliphatic heterocycles. The number of carbonyl (C=O) groups excluding carboxylic acids is 2. The van der Waals surface area contributed by atoms with Gasteiger partial charge in [0.05, 0.1) is 39.3 Å². The Morgan fingerprint density at radius 1 is 1.14 bits per heavy atom. The van der Waals surface area contributed by atoms with Crippen molar-refractivity contribution in [2.45, 2.75) is 91.2 Å². The van der Waals surface area contributed by atoms with E-state index in [1.165, 1.54) is 5.57 Å². The standard InChI is InChI=1S/C28H38N2O5S/c1-14-7-9-21(18-8-10-22-19(12-18)29-17(4)36-22)35-24(32)13-23(31)28(5,6)27(34)16(3)26(33)15(2)25-20(11-14)30-25/h7-8,10,12,15-16,20-21,23,25-26,30-31,33H,9,11,13H2,1-6H3/b14-7-/t15-,16+,20?,21+,23-,25?,26+/m0/s1. The number of hydrogen-bond acceptors (Lipinski definition) is 8. The molecule has 36 heavy (non-hydrogen) atoms. The van der Waals surface area contributed by atoms with Gasteiger partial charge in [-0.3, -0.25) is 9.59 Å². The number of aliphatic hydroxyl groups excluding tert-OH is 2. The smallest absolute Gasteiger partial charge is 0.309 e. The van der Waals surface area contributed by atoms with Crippen LogP contribution in [0, 0.1) is 24.2 Å². The van der Waals surface area contributed by atoms with Crippen molar-refractivity contribution < 1.29 is 24.5 Å². The highest BCUT2D eigenvalue weighted by Gasteiger charge is 2.47. The molecule has 2 aromatic rings. The Kier molecular flexibility index (Phi) is 7.72. The second-order valence-corrected chi connectivity index (χ2v) is 12.4. The summed E-state index contributed by atoms with van der Waals surface area (Å²) in [4.78, 5) is 30.9. The average Bonchev–Trinajstić information content (AvgIpc) is 3.48. The normalized spacial score (nSPS) is 35.6. The third-order valence-electron chi connectivity index (χ3n) is 7.98. The molecule has 0 radical (unpaired) electrons. The molecule has 2 unspecified atom stereocenters. The van der Waals surface area contributed by atoms with Gasteiger partial charge in [0.1, 0.15) is 11.9 Å². The highest BCUT2D eigenvalue weighted by molar-refractivity contribution is 7.18. The van der Waals surface area contributed by atoms with E-state index in [-0.39, 0.29) is 30.2 Å². The molecule has 196 valence electrons. The van der Waals surface area contributed by atoms with Crippen LogP contribution in [0.15, 0.2) is 29.8 Å². The van der Waals surface area contributed by atoms with Crippen molar-refractivity contribution in [3.05, 3.63) is 40.4 Å². The predicted molar refractivity (Wildman–Crippen MR) is 141 cm³/mol. The number of carbonyl (C=O) groups is 2. The molecule has 7 atom stereocenters. The van der Waals surface area contributed by atoms with Crippen LogP contribution in [-0.4, -0.2) is 51.2 Å². The number of ether oxygens (including phenoxy) is 1.